The molecule has 0 saturated carbocycles. The molecule has 2 rings (SSSR count). The molecule has 21 heavy (non-hydrogen) atoms. The number of hydrogen-bond donors (Lipinski definition) is 1. The monoisotopic (exact) mass is 290 g/mol. The van der Waals surface area contributed by atoms with E-state index in [0.717, 1.165) is 17.2 Å². The SMILES string of the molecule is CC(C)c1cc(O)c(-c2cc(F)cc(F)c2)c(C(C)C)c1. The molecule has 0 aliphatic carbocycles. The van der Waals surface area contributed by atoms with E-state index in [2.05, 4.69) is 0 Å². The minimum Gasteiger partial charge on any atom is -0.507 e. The van der Waals surface area contributed by atoms with Crippen molar-refractivity contribution in [3.63, 3.8) is 0 Å². The molecule has 112 valence electrons. The van der Waals surface area contributed by atoms with Crippen LogP contribution in [-0.4, -0.2) is 5.11 Å². The molecule has 0 aliphatic rings. The minimum absolute atomic E-state index is 0.0647. The number of hydrogen-bond acceptors (Lipinski definition) is 1. The highest BCUT2D eigenvalue weighted by atomic mass is 19.1. The summed E-state index contributed by atoms with van der Waals surface area (Å²) in [5, 5.41) is 10.4. The summed E-state index contributed by atoms with van der Waals surface area (Å²) in [4.78, 5) is 0. The number of benzene rings is 2. The molecule has 0 spiro atoms. The summed E-state index contributed by atoms with van der Waals surface area (Å²) in [5.41, 5.74) is 2.78. The Hall–Kier alpha value is -1.90. The third-order valence-electron chi connectivity index (χ3n) is 3.61. The molecule has 0 fully saturated rings. The highest BCUT2D eigenvalue weighted by Gasteiger charge is 2.17. The van der Waals surface area contributed by atoms with Crippen LogP contribution in [0.1, 0.15) is 50.7 Å². The Morgan fingerprint density at radius 3 is 1.86 bits per heavy atom. The van der Waals surface area contributed by atoms with Crippen molar-refractivity contribution >= 4 is 0 Å². The van der Waals surface area contributed by atoms with Crippen LogP contribution in [0.25, 0.3) is 11.1 Å². The van der Waals surface area contributed by atoms with Gasteiger partial charge in [-0.3, -0.25) is 0 Å². The summed E-state index contributed by atoms with van der Waals surface area (Å²) in [5.74, 6) is -0.823. The second-order valence-electron chi connectivity index (χ2n) is 5.97. The van der Waals surface area contributed by atoms with Crippen LogP contribution in [0.4, 0.5) is 8.78 Å². The van der Waals surface area contributed by atoms with Gasteiger partial charge in [-0.2, -0.15) is 0 Å². The van der Waals surface area contributed by atoms with Gasteiger partial charge in [0.15, 0.2) is 0 Å². The van der Waals surface area contributed by atoms with E-state index in [1.54, 1.807) is 6.07 Å². The molecule has 0 saturated heterocycles. The molecular formula is C18H20F2O. The molecule has 0 bridgehead atoms. The Morgan fingerprint density at radius 2 is 1.38 bits per heavy atom. The number of aromatic hydroxyl groups is 1. The lowest BCUT2D eigenvalue weighted by molar-refractivity contribution is 0.475. The van der Waals surface area contributed by atoms with E-state index >= 15 is 0 Å². The molecule has 0 unspecified atom stereocenters. The van der Waals surface area contributed by atoms with Gasteiger partial charge in [-0.05, 0) is 46.7 Å². The predicted octanol–water partition coefficient (Wildman–Crippen LogP) is 5.58. The molecule has 0 heterocycles. The summed E-state index contributed by atoms with van der Waals surface area (Å²) in [7, 11) is 0. The molecule has 0 radical (unpaired) electrons. The van der Waals surface area contributed by atoms with Crippen LogP contribution in [0, 0.1) is 11.6 Å². The first-order chi connectivity index (χ1) is 9.79. The normalized spacial score (nSPS) is 11.4. The van der Waals surface area contributed by atoms with Crippen molar-refractivity contribution in [2.24, 2.45) is 0 Å². The standard InChI is InChI=1S/C18H20F2O/c1-10(2)12-7-16(11(3)4)18(17(21)8-12)13-5-14(19)9-15(20)6-13/h5-11,21H,1-4H3. The Bertz CT molecular complexity index is 640. The van der Waals surface area contributed by atoms with Gasteiger partial charge in [0.05, 0.1) is 0 Å². The maximum Gasteiger partial charge on any atom is 0.126 e. The van der Waals surface area contributed by atoms with Crippen molar-refractivity contribution in [1.82, 2.24) is 0 Å². The molecule has 1 nitrogen and oxygen atoms in total. The van der Waals surface area contributed by atoms with Crippen molar-refractivity contribution in [1.29, 1.82) is 0 Å². The Labute approximate surface area is 124 Å². The summed E-state index contributed by atoms with van der Waals surface area (Å²) in [6.07, 6.45) is 0. The van der Waals surface area contributed by atoms with E-state index in [9.17, 15) is 13.9 Å². The topological polar surface area (TPSA) is 20.2 Å². The molecular weight excluding hydrogens is 270 g/mol. The van der Waals surface area contributed by atoms with E-state index in [1.165, 1.54) is 12.1 Å². The fraction of sp³-hybridized carbons (Fsp3) is 0.333. The molecule has 0 aliphatic heterocycles. The highest BCUT2D eigenvalue weighted by molar-refractivity contribution is 5.75. The maximum absolute atomic E-state index is 13.5. The molecule has 1 N–H and O–H groups in total. The van der Waals surface area contributed by atoms with Crippen LogP contribution in [0.5, 0.6) is 5.75 Å². The zero-order chi connectivity index (χ0) is 15.7. The molecule has 0 amide bonds. The lowest BCUT2D eigenvalue weighted by Gasteiger charge is -2.18. The Morgan fingerprint density at radius 1 is 0.810 bits per heavy atom. The van der Waals surface area contributed by atoms with Gasteiger partial charge in [-0.15, -0.1) is 0 Å². The van der Waals surface area contributed by atoms with Crippen LogP contribution in [-0.2, 0) is 0 Å². The van der Waals surface area contributed by atoms with Crippen molar-refractivity contribution in [2.45, 2.75) is 39.5 Å². The molecule has 2 aromatic rings. The Kier molecular flexibility index (Phi) is 4.31. The first-order valence-corrected chi connectivity index (χ1v) is 7.13. The van der Waals surface area contributed by atoms with E-state index in [0.29, 0.717) is 11.1 Å². The van der Waals surface area contributed by atoms with Gasteiger partial charge in [-0.25, -0.2) is 8.78 Å². The average molecular weight is 290 g/mol. The van der Waals surface area contributed by atoms with Gasteiger partial charge in [0.25, 0.3) is 0 Å². The fourth-order valence-electron chi connectivity index (χ4n) is 2.47. The quantitative estimate of drug-likeness (QED) is 0.782. The number of halogens is 2. The number of phenols is 1. The third-order valence-corrected chi connectivity index (χ3v) is 3.61. The molecule has 3 heteroatoms. The fourth-order valence-corrected chi connectivity index (χ4v) is 2.47. The maximum atomic E-state index is 13.5. The molecule has 0 atom stereocenters. The van der Waals surface area contributed by atoms with Crippen LogP contribution in [0.15, 0.2) is 30.3 Å². The van der Waals surface area contributed by atoms with E-state index in [4.69, 9.17) is 0 Å². The van der Waals surface area contributed by atoms with Crippen molar-refractivity contribution < 1.29 is 13.9 Å². The van der Waals surface area contributed by atoms with E-state index in [1.807, 2.05) is 33.8 Å². The van der Waals surface area contributed by atoms with E-state index in [-0.39, 0.29) is 17.6 Å². The highest BCUT2D eigenvalue weighted by Crippen LogP contribution is 2.39. The summed E-state index contributed by atoms with van der Waals surface area (Å²) < 4.78 is 26.9. The van der Waals surface area contributed by atoms with Gasteiger partial charge >= 0.3 is 0 Å². The van der Waals surface area contributed by atoms with Gasteiger partial charge in [0.1, 0.15) is 17.4 Å². The van der Waals surface area contributed by atoms with Crippen LogP contribution >= 0.6 is 0 Å². The summed E-state index contributed by atoms with van der Waals surface area (Å²) in [6, 6.07) is 7.01. The summed E-state index contributed by atoms with van der Waals surface area (Å²) in [6.45, 7) is 8.08. The van der Waals surface area contributed by atoms with Gasteiger partial charge in [0, 0.05) is 11.6 Å². The number of rotatable bonds is 3. The first-order valence-electron chi connectivity index (χ1n) is 7.13. The second-order valence-corrected chi connectivity index (χ2v) is 5.97. The minimum atomic E-state index is -0.646. The summed E-state index contributed by atoms with van der Waals surface area (Å²) >= 11 is 0. The van der Waals surface area contributed by atoms with Gasteiger partial charge in [-0.1, -0.05) is 33.8 Å². The lowest BCUT2D eigenvalue weighted by Crippen LogP contribution is -1.98. The number of phenolic OH excluding ortho intramolecular Hbond substituents is 1. The zero-order valence-electron chi connectivity index (χ0n) is 12.7. The lowest BCUT2D eigenvalue weighted by atomic mass is 9.87. The zero-order valence-corrected chi connectivity index (χ0v) is 12.7. The largest absolute Gasteiger partial charge is 0.507 e. The van der Waals surface area contributed by atoms with E-state index < -0.39 is 11.6 Å². The average Bonchev–Trinajstić information content (AvgIpc) is 2.36. The first kappa shape index (κ1) is 15.5. The van der Waals surface area contributed by atoms with Crippen LogP contribution in [0.3, 0.4) is 0 Å². The van der Waals surface area contributed by atoms with Gasteiger partial charge < -0.3 is 5.11 Å². The van der Waals surface area contributed by atoms with Crippen molar-refractivity contribution in [3.05, 3.63) is 53.1 Å². The molecule has 0 aromatic heterocycles. The smallest absolute Gasteiger partial charge is 0.126 e. The Balaban J connectivity index is 2.72. The van der Waals surface area contributed by atoms with Crippen molar-refractivity contribution in [3.8, 4) is 16.9 Å². The third kappa shape index (κ3) is 3.23. The van der Waals surface area contributed by atoms with Gasteiger partial charge in [0.2, 0.25) is 0 Å². The second kappa shape index (κ2) is 5.84. The molecule has 2 aromatic carbocycles. The van der Waals surface area contributed by atoms with Crippen molar-refractivity contribution in [2.75, 3.05) is 0 Å². The van der Waals surface area contributed by atoms with Crippen LogP contribution < -0.4 is 0 Å². The predicted molar refractivity (Wildman–Crippen MR) is 81.6 cm³/mol. The van der Waals surface area contributed by atoms with Crippen LogP contribution in [0.2, 0.25) is 0 Å².